The molecule has 0 heterocycles. The fraction of sp³-hybridized carbons (Fsp3) is 0.611. The molecule has 0 amide bonds. The number of ketones is 1. The highest BCUT2D eigenvalue weighted by atomic mass is 79.9. The van der Waals surface area contributed by atoms with Crippen LogP contribution in [0.15, 0.2) is 22.7 Å². The minimum atomic E-state index is -0.0889. The number of benzene rings is 1. The van der Waals surface area contributed by atoms with Gasteiger partial charge in [-0.05, 0) is 89.9 Å². The summed E-state index contributed by atoms with van der Waals surface area (Å²) in [6.07, 6.45) is 7.34. The van der Waals surface area contributed by atoms with Gasteiger partial charge in [0.25, 0.3) is 0 Å². The summed E-state index contributed by atoms with van der Waals surface area (Å²) < 4.78 is 0.837. The first-order chi connectivity index (χ1) is 9.89. The molecule has 4 fully saturated rings. The topological polar surface area (TPSA) is 43.1 Å². The van der Waals surface area contributed by atoms with E-state index in [1.54, 1.807) is 0 Å². The van der Waals surface area contributed by atoms with Gasteiger partial charge in [0.1, 0.15) is 0 Å². The first-order valence-electron chi connectivity index (χ1n) is 7.99. The van der Waals surface area contributed by atoms with Crippen LogP contribution < -0.4 is 5.73 Å². The molecule has 4 bridgehead atoms. The number of Topliss-reactive ketones (excluding diaryl/α,β-unsaturated/α-hetero) is 1. The zero-order valence-corrected chi connectivity index (χ0v) is 14.1. The molecule has 21 heavy (non-hydrogen) atoms. The van der Waals surface area contributed by atoms with Crippen molar-refractivity contribution < 1.29 is 4.79 Å². The van der Waals surface area contributed by atoms with Crippen LogP contribution in [0.3, 0.4) is 0 Å². The highest BCUT2D eigenvalue weighted by Crippen LogP contribution is 2.65. The Labute approximate surface area is 134 Å². The summed E-state index contributed by atoms with van der Waals surface area (Å²) in [6, 6.07) is 5.67. The molecule has 1 aromatic rings. The van der Waals surface area contributed by atoms with Gasteiger partial charge in [0, 0.05) is 21.1 Å². The summed E-state index contributed by atoms with van der Waals surface area (Å²) in [5.41, 5.74) is 7.71. The predicted octanol–water partition coefficient (Wildman–Crippen LogP) is 4.82. The van der Waals surface area contributed by atoms with Crippen LogP contribution in [0, 0.1) is 22.7 Å². The Morgan fingerprint density at radius 2 is 1.90 bits per heavy atom. The summed E-state index contributed by atoms with van der Waals surface area (Å²) in [4.78, 5) is 13.2. The lowest BCUT2D eigenvalue weighted by Gasteiger charge is -2.60. The summed E-state index contributed by atoms with van der Waals surface area (Å²) in [5, 5.41) is 0. The van der Waals surface area contributed by atoms with E-state index in [9.17, 15) is 4.79 Å². The molecule has 3 heteroatoms. The Kier molecular flexibility index (Phi) is 2.86. The van der Waals surface area contributed by atoms with Gasteiger partial charge in [-0.1, -0.05) is 6.92 Å². The van der Waals surface area contributed by atoms with E-state index >= 15 is 0 Å². The van der Waals surface area contributed by atoms with Crippen LogP contribution >= 0.6 is 15.9 Å². The van der Waals surface area contributed by atoms with Crippen molar-refractivity contribution in [3.63, 3.8) is 0 Å². The number of nitrogen functional groups attached to an aromatic ring is 1. The highest BCUT2D eigenvalue weighted by Gasteiger charge is 2.58. The van der Waals surface area contributed by atoms with Crippen LogP contribution in [-0.2, 0) is 0 Å². The molecule has 0 aliphatic heterocycles. The second kappa shape index (κ2) is 4.34. The van der Waals surface area contributed by atoms with Crippen LogP contribution in [-0.4, -0.2) is 5.78 Å². The maximum absolute atomic E-state index is 13.2. The van der Waals surface area contributed by atoms with E-state index in [0.717, 1.165) is 41.1 Å². The van der Waals surface area contributed by atoms with Crippen LogP contribution in [0.25, 0.3) is 0 Å². The fourth-order valence-electron chi connectivity index (χ4n) is 5.96. The van der Waals surface area contributed by atoms with Crippen molar-refractivity contribution in [3.05, 3.63) is 28.2 Å². The number of hydrogen-bond donors (Lipinski definition) is 1. The van der Waals surface area contributed by atoms with Crippen molar-refractivity contribution >= 4 is 27.4 Å². The third-order valence-electron chi connectivity index (χ3n) is 6.10. The quantitative estimate of drug-likeness (QED) is 0.615. The van der Waals surface area contributed by atoms with Crippen molar-refractivity contribution in [1.82, 2.24) is 0 Å². The number of anilines is 1. The Hall–Kier alpha value is -0.830. The van der Waals surface area contributed by atoms with Gasteiger partial charge in [0.2, 0.25) is 0 Å². The van der Waals surface area contributed by atoms with Gasteiger partial charge in [-0.2, -0.15) is 0 Å². The zero-order valence-electron chi connectivity index (χ0n) is 12.5. The van der Waals surface area contributed by atoms with Crippen molar-refractivity contribution in [2.45, 2.75) is 45.4 Å². The third kappa shape index (κ3) is 2.08. The minimum Gasteiger partial charge on any atom is -0.398 e. The van der Waals surface area contributed by atoms with Crippen LogP contribution in [0.4, 0.5) is 5.69 Å². The highest BCUT2D eigenvalue weighted by molar-refractivity contribution is 9.10. The number of nitrogens with two attached hydrogens (primary N) is 1. The largest absolute Gasteiger partial charge is 0.398 e. The molecular weight excluding hydrogens is 326 g/mol. The van der Waals surface area contributed by atoms with Gasteiger partial charge >= 0.3 is 0 Å². The molecule has 4 aliphatic carbocycles. The van der Waals surface area contributed by atoms with Gasteiger partial charge in [-0.15, -0.1) is 0 Å². The molecule has 0 spiro atoms. The van der Waals surface area contributed by atoms with Crippen LogP contribution in [0.2, 0.25) is 0 Å². The lowest BCUT2D eigenvalue weighted by atomic mass is 9.43. The molecule has 2 nitrogen and oxygen atoms in total. The van der Waals surface area contributed by atoms with Gasteiger partial charge in [-0.3, -0.25) is 4.79 Å². The Morgan fingerprint density at radius 1 is 1.24 bits per heavy atom. The van der Waals surface area contributed by atoms with E-state index < -0.39 is 0 Å². The first kappa shape index (κ1) is 13.8. The molecule has 0 saturated heterocycles. The summed E-state index contributed by atoms with van der Waals surface area (Å²) in [5.74, 6) is 1.92. The molecule has 4 aliphatic rings. The standard InChI is InChI=1S/C18H22BrNO/c1-17-6-11-4-12(7-17)9-18(8-11,10-17)16(21)13-2-3-15(20)14(19)5-13/h2-3,5,11-12H,4,6-10,20H2,1H3. The van der Waals surface area contributed by atoms with Gasteiger partial charge in [0.05, 0.1) is 0 Å². The summed E-state index contributed by atoms with van der Waals surface area (Å²) in [6.45, 7) is 2.41. The molecule has 0 aromatic heterocycles. The second-order valence-electron chi connectivity index (χ2n) is 8.12. The number of hydrogen-bond acceptors (Lipinski definition) is 2. The molecule has 2 atom stereocenters. The summed E-state index contributed by atoms with van der Waals surface area (Å²) >= 11 is 3.46. The van der Waals surface area contributed by atoms with Crippen molar-refractivity contribution in [3.8, 4) is 0 Å². The predicted molar refractivity (Wildman–Crippen MR) is 88.1 cm³/mol. The first-order valence-corrected chi connectivity index (χ1v) is 8.78. The summed E-state index contributed by atoms with van der Waals surface area (Å²) in [7, 11) is 0. The van der Waals surface area contributed by atoms with Crippen LogP contribution in [0.1, 0.15) is 55.8 Å². The third-order valence-corrected chi connectivity index (χ3v) is 6.78. The molecule has 1 aromatic carbocycles. The lowest BCUT2D eigenvalue weighted by Crippen LogP contribution is -2.54. The van der Waals surface area contributed by atoms with Crippen molar-refractivity contribution in [2.24, 2.45) is 22.7 Å². The smallest absolute Gasteiger partial charge is 0.169 e. The van der Waals surface area contributed by atoms with E-state index in [4.69, 9.17) is 5.73 Å². The molecule has 112 valence electrons. The van der Waals surface area contributed by atoms with E-state index in [1.165, 1.54) is 19.3 Å². The normalized spacial score (nSPS) is 40.5. The average molecular weight is 348 g/mol. The fourth-order valence-corrected chi connectivity index (χ4v) is 6.34. The second-order valence-corrected chi connectivity index (χ2v) is 8.97. The number of carbonyl (C=O) groups excluding carboxylic acids is 1. The SMILES string of the molecule is CC12CC3CC(C1)CC(C(=O)c1ccc(N)c(Br)c1)(C3)C2. The monoisotopic (exact) mass is 347 g/mol. The Bertz CT molecular complexity index is 610. The van der Waals surface area contributed by atoms with Crippen molar-refractivity contribution in [2.75, 3.05) is 5.73 Å². The van der Waals surface area contributed by atoms with E-state index in [2.05, 4.69) is 22.9 Å². The maximum atomic E-state index is 13.2. The molecule has 2 N–H and O–H groups in total. The number of rotatable bonds is 2. The van der Waals surface area contributed by atoms with Crippen molar-refractivity contribution in [1.29, 1.82) is 0 Å². The Morgan fingerprint density at radius 3 is 2.48 bits per heavy atom. The average Bonchev–Trinajstić information content (AvgIpc) is 2.38. The maximum Gasteiger partial charge on any atom is 0.169 e. The van der Waals surface area contributed by atoms with E-state index in [0.29, 0.717) is 16.9 Å². The molecule has 0 radical (unpaired) electrons. The van der Waals surface area contributed by atoms with E-state index in [1.807, 2.05) is 18.2 Å². The van der Waals surface area contributed by atoms with Crippen LogP contribution in [0.5, 0.6) is 0 Å². The number of carbonyl (C=O) groups is 1. The zero-order chi connectivity index (χ0) is 14.8. The minimum absolute atomic E-state index is 0.0889. The molecule has 5 rings (SSSR count). The Balaban J connectivity index is 1.72. The molecular formula is C18H22BrNO. The van der Waals surface area contributed by atoms with Gasteiger partial charge < -0.3 is 5.73 Å². The number of halogens is 1. The molecule has 4 saturated carbocycles. The lowest BCUT2D eigenvalue weighted by molar-refractivity contribution is -0.0820. The molecule has 2 unspecified atom stereocenters. The van der Waals surface area contributed by atoms with Gasteiger partial charge in [-0.25, -0.2) is 0 Å². The van der Waals surface area contributed by atoms with E-state index in [-0.39, 0.29) is 5.41 Å². The van der Waals surface area contributed by atoms with Gasteiger partial charge in [0.15, 0.2) is 5.78 Å².